The summed E-state index contributed by atoms with van der Waals surface area (Å²) >= 11 is 0. The molecular formula is C67H108O6. The van der Waals surface area contributed by atoms with E-state index in [1.807, 2.05) is 6.08 Å². The van der Waals surface area contributed by atoms with Gasteiger partial charge in [0.25, 0.3) is 0 Å². The van der Waals surface area contributed by atoms with Crippen LogP contribution < -0.4 is 0 Å². The van der Waals surface area contributed by atoms with Gasteiger partial charge in [-0.3, -0.25) is 14.4 Å². The predicted octanol–water partition coefficient (Wildman–Crippen LogP) is 20.2. The molecule has 0 aliphatic carbocycles. The van der Waals surface area contributed by atoms with Gasteiger partial charge in [0.1, 0.15) is 13.2 Å². The summed E-state index contributed by atoms with van der Waals surface area (Å²) in [5.41, 5.74) is 0. The Bertz CT molecular complexity index is 1580. The zero-order valence-electron chi connectivity index (χ0n) is 47.1. The second-order valence-electron chi connectivity index (χ2n) is 19.2. The van der Waals surface area contributed by atoms with Crippen LogP contribution in [0.1, 0.15) is 252 Å². The minimum Gasteiger partial charge on any atom is -0.462 e. The maximum atomic E-state index is 12.9. The van der Waals surface area contributed by atoms with Crippen LogP contribution in [-0.2, 0) is 28.6 Å². The fourth-order valence-electron chi connectivity index (χ4n) is 7.61. The molecule has 0 aromatic carbocycles. The summed E-state index contributed by atoms with van der Waals surface area (Å²) in [6.07, 6.45) is 84.5. The molecule has 0 N–H and O–H groups in total. The second-order valence-corrected chi connectivity index (χ2v) is 19.2. The minimum atomic E-state index is -0.832. The van der Waals surface area contributed by atoms with Gasteiger partial charge in [-0.2, -0.15) is 0 Å². The van der Waals surface area contributed by atoms with Crippen LogP contribution in [0.3, 0.4) is 0 Å². The summed E-state index contributed by atoms with van der Waals surface area (Å²) < 4.78 is 16.8. The average molecular weight is 1010 g/mol. The third-order valence-electron chi connectivity index (χ3n) is 12.1. The van der Waals surface area contributed by atoms with Gasteiger partial charge in [0.2, 0.25) is 0 Å². The highest BCUT2D eigenvalue weighted by atomic mass is 16.6. The summed E-state index contributed by atoms with van der Waals surface area (Å²) in [5.74, 6) is -1.05. The Kier molecular flexibility index (Phi) is 56.4. The molecule has 0 spiro atoms. The van der Waals surface area contributed by atoms with E-state index in [0.29, 0.717) is 19.3 Å². The van der Waals surface area contributed by atoms with Crippen molar-refractivity contribution in [3.05, 3.63) is 134 Å². The highest BCUT2D eigenvalue weighted by Gasteiger charge is 2.19. The maximum absolute atomic E-state index is 12.9. The van der Waals surface area contributed by atoms with Gasteiger partial charge in [-0.15, -0.1) is 0 Å². The Labute approximate surface area is 449 Å². The molecule has 0 amide bonds. The summed E-state index contributed by atoms with van der Waals surface area (Å²) in [7, 11) is 0. The molecule has 0 bridgehead atoms. The predicted molar refractivity (Wildman–Crippen MR) is 316 cm³/mol. The Morgan fingerprint density at radius 1 is 0.274 bits per heavy atom. The van der Waals surface area contributed by atoms with Gasteiger partial charge in [-0.25, -0.2) is 0 Å². The van der Waals surface area contributed by atoms with Gasteiger partial charge in [0.15, 0.2) is 6.10 Å². The molecule has 0 saturated carbocycles. The lowest BCUT2D eigenvalue weighted by molar-refractivity contribution is -0.166. The highest BCUT2D eigenvalue weighted by molar-refractivity contribution is 5.71. The number of ether oxygens (including phenoxy) is 3. The Morgan fingerprint density at radius 3 is 0.863 bits per heavy atom. The number of hydrogen-bond acceptors (Lipinski definition) is 6. The fourth-order valence-corrected chi connectivity index (χ4v) is 7.61. The maximum Gasteiger partial charge on any atom is 0.306 e. The van der Waals surface area contributed by atoms with Crippen molar-refractivity contribution < 1.29 is 28.6 Å². The molecule has 0 unspecified atom stereocenters. The first-order valence-electron chi connectivity index (χ1n) is 29.7. The van der Waals surface area contributed by atoms with Gasteiger partial charge in [0, 0.05) is 19.3 Å². The average Bonchev–Trinajstić information content (AvgIpc) is 3.39. The summed E-state index contributed by atoms with van der Waals surface area (Å²) in [6.45, 7) is 6.46. The number of rotatable bonds is 52. The Morgan fingerprint density at radius 2 is 0.521 bits per heavy atom. The van der Waals surface area contributed by atoms with Crippen molar-refractivity contribution in [2.75, 3.05) is 13.2 Å². The van der Waals surface area contributed by atoms with E-state index in [0.717, 1.165) is 109 Å². The van der Waals surface area contributed by atoms with Crippen molar-refractivity contribution in [3.63, 3.8) is 0 Å². The normalized spacial score (nSPS) is 13.1. The first-order valence-corrected chi connectivity index (χ1v) is 29.7. The van der Waals surface area contributed by atoms with Gasteiger partial charge < -0.3 is 14.2 Å². The zero-order chi connectivity index (χ0) is 52.9. The first kappa shape index (κ1) is 68.6. The smallest absolute Gasteiger partial charge is 0.306 e. The van der Waals surface area contributed by atoms with Crippen LogP contribution in [0, 0.1) is 0 Å². The molecule has 0 saturated heterocycles. The highest BCUT2D eigenvalue weighted by Crippen LogP contribution is 2.13. The minimum absolute atomic E-state index is 0.125. The number of hydrogen-bond donors (Lipinski definition) is 0. The van der Waals surface area contributed by atoms with Crippen LogP contribution in [0.15, 0.2) is 134 Å². The number of unbranched alkanes of at least 4 members (excludes halogenated alkanes) is 19. The number of esters is 3. The molecule has 1 atom stereocenters. The van der Waals surface area contributed by atoms with E-state index in [4.69, 9.17) is 14.2 Å². The molecule has 0 fully saturated rings. The van der Waals surface area contributed by atoms with Gasteiger partial charge in [0.05, 0.1) is 0 Å². The lowest BCUT2D eigenvalue weighted by Gasteiger charge is -2.18. The van der Waals surface area contributed by atoms with E-state index < -0.39 is 6.10 Å². The Hall–Kier alpha value is -4.45. The molecule has 0 rings (SSSR count). The molecule has 0 aliphatic rings. The molecule has 0 aliphatic heterocycles. The van der Waals surface area contributed by atoms with Gasteiger partial charge >= 0.3 is 17.9 Å². The van der Waals surface area contributed by atoms with Crippen LogP contribution >= 0.6 is 0 Å². The molecule has 73 heavy (non-hydrogen) atoms. The standard InChI is InChI=1S/C67H108O6/c1-4-7-10-13-16-19-22-25-28-31-33-36-38-41-44-47-50-53-56-59-65(68)71-62-64(73-67(70)61-58-55-52-49-46-43-40-35-30-27-24-21-18-15-12-9-6-3)63-72-66(69)60-57-54-51-48-45-42-39-37-34-32-29-26-23-20-17-14-11-8-5-2/h16-21,25-30,33-34,36-37,41-42,44-45,50,53,64H,4-15,22-24,31-32,35,38-40,43,46-49,51-52,54-63H2,1-3H3/b19-16-,20-17-,21-18-,28-25-,29-26-,30-27-,36-33-,37-34-,44-41-,45-42-,53-50-/t64-/m1/s1. The van der Waals surface area contributed by atoms with Crippen molar-refractivity contribution >= 4 is 17.9 Å². The molecule has 6 nitrogen and oxygen atoms in total. The summed E-state index contributed by atoms with van der Waals surface area (Å²) in [4.78, 5) is 38.2. The van der Waals surface area contributed by atoms with Crippen LogP contribution in [-0.4, -0.2) is 37.2 Å². The summed E-state index contributed by atoms with van der Waals surface area (Å²) in [5, 5.41) is 0. The SMILES string of the molecule is CCCCC/C=C\C/C=C\C/C=C\C/C=C\C/C=C\CCC(=O)OC[C@H](COC(=O)CCCCC/C=C\C/C=C\C/C=C\C/C=C\CCCCC)OC(=O)CCCCCCCCC/C=C\C/C=C\CCCCC. The van der Waals surface area contributed by atoms with Crippen molar-refractivity contribution in [1.82, 2.24) is 0 Å². The van der Waals surface area contributed by atoms with Crippen molar-refractivity contribution in [1.29, 1.82) is 0 Å². The molecule has 0 aromatic heterocycles. The lowest BCUT2D eigenvalue weighted by Crippen LogP contribution is -2.30. The molecule has 0 heterocycles. The molecule has 412 valence electrons. The van der Waals surface area contributed by atoms with E-state index in [2.05, 4.69) is 148 Å². The third kappa shape index (κ3) is 58.3. The number of carbonyl (C=O) groups is 3. The monoisotopic (exact) mass is 1010 g/mol. The van der Waals surface area contributed by atoms with Crippen molar-refractivity contribution in [2.45, 2.75) is 258 Å². The largest absolute Gasteiger partial charge is 0.462 e. The van der Waals surface area contributed by atoms with Crippen molar-refractivity contribution in [2.24, 2.45) is 0 Å². The zero-order valence-corrected chi connectivity index (χ0v) is 47.1. The van der Waals surface area contributed by atoms with Crippen LogP contribution in [0.4, 0.5) is 0 Å². The van der Waals surface area contributed by atoms with Gasteiger partial charge in [-0.1, -0.05) is 231 Å². The number of allylic oxidation sites excluding steroid dienone is 22. The quantitative estimate of drug-likeness (QED) is 0.0261. The van der Waals surface area contributed by atoms with Crippen LogP contribution in [0.25, 0.3) is 0 Å². The molecular weight excluding hydrogens is 901 g/mol. The van der Waals surface area contributed by atoms with Crippen molar-refractivity contribution in [3.8, 4) is 0 Å². The van der Waals surface area contributed by atoms with E-state index in [1.54, 1.807) is 0 Å². The third-order valence-corrected chi connectivity index (χ3v) is 12.1. The molecule has 0 aromatic rings. The van der Waals surface area contributed by atoms with Crippen LogP contribution in [0.5, 0.6) is 0 Å². The van der Waals surface area contributed by atoms with E-state index in [-0.39, 0.29) is 37.5 Å². The second kappa shape index (κ2) is 60.1. The first-order chi connectivity index (χ1) is 36.0. The topological polar surface area (TPSA) is 78.9 Å². The van der Waals surface area contributed by atoms with Gasteiger partial charge in [-0.05, 0) is 135 Å². The molecule has 6 heteroatoms. The lowest BCUT2D eigenvalue weighted by atomic mass is 10.1. The van der Waals surface area contributed by atoms with E-state index in [9.17, 15) is 14.4 Å². The van der Waals surface area contributed by atoms with Crippen LogP contribution in [0.2, 0.25) is 0 Å². The van der Waals surface area contributed by atoms with E-state index in [1.165, 1.54) is 96.3 Å². The summed E-state index contributed by atoms with van der Waals surface area (Å²) in [6, 6.07) is 0. The fraction of sp³-hybridized carbons (Fsp3) is 0.627. The van der Waals surface area contributed by atoms with E-state index >= 15 is 0 Å². The Balaban J connectivity index is 4.59. The number of carbonyl (C=O) groups excluding carboxylic acids is 3. The molecule has 0 radical (unpaired) electrons.